The molecule has 0 unspecified atom stereocenters. The fraction of sp³-hybridized carbons (Fsp3) is 0.0455. The fourth-order valence-electron chi connectivity index (χ4n) is 3.05. The highest BCUT2D eigenvalue weighted by Gasteiger charge is 2.20. The first-order chi connectivity index (χ1) is 15.4. The van der Waals surface area contributed by atoms with Crippen molar-refractivity contribution in [2.75, 3.05) is 12.4 Å². The van der Waals surface area contributed by atoms with E-state index in [9.17, 15) is 14.9 Å². The van der Waals surface area contributed by atoms with Gasteiger partial charge in [-0.05, 0) is 48.6 Å². The molecule has 0 aliphatic rings. The lowest BCUT2D eigenvalue weighted by Gasteiger charge is -2.10. The van der Waals surface area contributed by atoms with Gasteiger partial charge in [-0.15, -0.1) is 0 Å². The molecule has 0 aliphatic carbocycles. The first-order valence-corrected chi connectivity index (χ1v) is 9.76. The minimum absolute atomic E-state index is 0.00685. The largest absolute Gasteiger partial charge is 0.497 e. The van der Waals surface area contributed by atoms with E-state index < -0.39 is 10.8 Å². The molecule has 0 spiro atoms. The third kappa shape index (κ3) is 4.40. The standard InChI is InChI=1S/C22H16N4O5S/c1-30-15-9-10-19-17(12-15)24-21(31-19)13-5-4-6-14(11-13)23-22(32)25-20(27)16-7-2-3-8-18(16)26(28)29/h2-12H,1H3,(H2,23,25,27,32). The Kier molecular flexibility index (Phi) is 5.77. The number of ether oxygens (including phenoxy) is 1. The van der Waals surface area contributed by atoms with Crippen molar-refractivity contribution in [3.63, 3.8) is 0 Å². The van der Waals surface area contributed by atoms with Gasteiger partial charge in [0.2, 0.25) is 5.89 Å². The van der Waals surface area contributed by atoms with Crippen molar-refractivity contribution < 1.29 is 18.9 Å². The molecule has 9 nitrogen and oxygen atoms in total. The molecule has 4 rings (SSSR count). The van der Waals surface area contributed by atoms with Crippen LogP contribution in [0.3, 0.4) is 0 Å². The van der Waals surface area contributed by atoms with Crippen molar-refractivity contribution in [3.8, 4) is 17.2 Å². The van der Waals surface area contributed by atoms with E-state index in [4.69, 9.17) is 21.4 Å². The molecule has 0 aliphatic heterocycles. The molecule has 160 valence electrons. The Morgan fingerprint density at radius 3 is 2.72 bits per heavy atom. The highest BCUT2D eigenvalue weighted by Crippen LogP contribution is 2.28. The number of hydrogen-bond acceptors (Lipinski definition) is 7. The third-order valence-corrected chi connectivity index (χ3v) is 4.74. The monoisotopic (exact) mass is 448 g/mol. The predicted molar refractivity (Wildman–Crippen MR) is 123 cm³/mol. The number of thiocarbonyl (C=S) groups is 1. The number of carbonyl (C=O) groups is 1. The molecule has 2 N–H and O–H groups in total. The molecule has 0 radical (unpaired) electrons. The van der Waals surface area contributed by atoms with E-state index in [1.165, 1.54) is 24.3 Å². The molecule has 0 atom stereocenters. The number of hydrogen-bond donors (Lipinski definition) is 2. The van der Waals surface area contributed by atoms with Crippen LogP contribution < -0.4 is 15.4 Å². The molecule has 0 saturated carbocycles. The number of nitro benzene ring substituents is 1. The zero-order valence-corrected chi connectivity index (χ0v) is 17.5. The van der Waals surface area contributed by atoms with Crippen LogP contribution in [0.5, 0.6) is 5.75 Å². The summed E-state index contributed by atoms with van der Waals surface area (Å²) in [5.41, 5.74) is 2.16. The Hall–Kier alpha value is -4.31. The molecular formula is C22H16N4O5S. The van der Waals surface area contributed by atoms with Crippen LogP contribution in [0.15, 0.2) is 71.1 Å². The second kappa shape index (κ2) is 8.82. The lowest BCUT2D eigenvalue weighted by atomic mass is 10.1. The summed E-state index contributed by atoms with van der Waals surface area (Å²) in [6.07, 6.45) is 0. The molecule has 10 heteroatoms. The van der Waals surface area contributed by atoms with Crippen molar-refractivity contribution in [2.45, 2.75) is 0 Å². The van der Waals surface area contributed by atoms with Gasteiger partial charge in [-0.2, -0.15) is 0 Å². The summed E-state index contributed by atoms with van der Waals surface area (Å²) in [4.78, 5) is 27.4. The van der Waals surface area contributed by atoms with Gasteiger partial charge < -0.3 is 14.5 Å². The van der Waals surface area contributed by atoms with Crippen LogP contribution in [0, 0.1) is 10.1 Å². The average molecular weight is 448 g/mol. The second-order valence-corrected chi connectivity index (χ2v) is 7.02. The number of carbonyl (C=O) groups excluding carboxylic acids is 1. The van der Waals surface area contributed by atoms with Crippen molar-refractivity contribution in [1.29, 1.82) is 0 Å². The number of nitrogens with zero attached hydrogens (tertiary/aromatic N) is 2. The Bertz CT molecular complexity index is 1350. The third-order valence-electron chi connectivity index (χ3n) is 4.53. The van der Waals surface area contributed by atoms with Gasteiger partial charge in [0.1, 0.15) is 16.8 Å². The first-order valence-electron chi connectivity index (χ1n) is 9.35. The molecule has 0 fully saturated rings. The van der Waals surface area contributed by atoms with E-state index in [2.05, 4.69) is 15.6 Å². The van der Waals surface area contributed by atoms with Gasteiger partial charge in [0.05, 0.1) is 12.0 Å². The smallest absolute Gasteiger partial charge is 0.282 e. The molecule has 3 aromatic carbocycles. The van der Waals surface area contributed by atoms with Gasteiger partial charge in [-0.25, -0.2) is 4.98 Å². The van der Waals surface area contributed by atoms with Crippen LogP contribution in [-0.4, -0.2) is 28.0 Å². The maximum Gasteiger partial charge on any atom is 0.282 e. The van der Waals surface area contributed by atoms with E-state index in [0.717, 1.165) is 0 Å². The number of nitrogens with one attached hydrogen (secondary N) is 2. The van der Waals surface area contributed by atoms with E-state index >= 15 is 0 Å². The number of aromatic nitrogens is 1. The number of amides is 1. The number of anilines is 1. The Morgan fingerprint density at radius 2 is 1.94 bits per heavy atom. The van der Waals surface area contributed by atoms with Crippen LogP contribution in [0.1, 0.15) is 10.4 Å². The number of nitro groups is 1. The van der Waals surface area contributed by atoms with Gasteiger partial charge in [-0.3, -0.25) is 20.2 Å². The van der Waals surface area contributed by atoms with E-state index in [1.54, 1.807) is 43.5 Å². The van der Waals surface area contributed by atoms with Crippen LogP contribution in [-0.2, 0) is 0 Å². The van der Waals surface area contributed by atoms with Gasteiger partial charge in [-0.1, -0.05) is 18.2 Å². The van der Waals surface area contributed by atoms with Crippen LogP contribution >= 0.6 is 12.2 Å². The maximum atomic E-state index is 12.4. The molecule has 0 bridgehead atoms. The maximum absolute atomic E-state index is 12.4. The summed E-state index contributed by atoms with van der Waals surface area (Å²) in [5.74, 6) is 0.401. The van der Waals surface area contributed by atoms with E-state index in [0.29, 0.717) is 34.0 Å². The van der Waals surface area contributed by atoms with Crippen molar-refractivity contribution in [3.05, 3.63) is 82.4 Å². The predicted octanol–water partition coefficient (Wildman–Crippen LogP) is 4.54. The molecule has 32 heavy (non-hydrogen) atoms. The molecule has 1 aromatic heterocycles. The molecule has 4 aromatic rings. The molecular weight excluding hydrogens is 432 g/mol. The number of methoxy groups -OCH3 is 1. The van der Waals surface area contributed by atoms with Gasteiger partial charge in [0.25, 0.3) is 11.6 Å². The minimum Gasteiger partial charge on any atom is -0.497 e. The second-order valence-electron chi connectivity index (χ2n) is 6.62. The van der Waals surface area contributed by atoms with Gasteiger partial charge in [0, 0.05) is 23.4 Å². The lowest BCUT2D eigenvalue weighted by Crippen LogP contribution is -2.34. The number of benzene rings is 3. The summed E-state index contributed by atoms with van der Waals surface area (Å²) >= 11 is 5.20. The van der Waals surface area contributed by atoms with E-state index in [-0.39, 0.29) is 16.4 Å². The number of fused-ring (bicyclic) bond motifs is 1. The Balaban J connectivity index is 1.50. The minimum atomic E-state index is -0.682. The highest BCUT2D eigenvalue weighted by molar-refractivity contribution is 7.80. The summed E-state index contributed by atoms with van der Waals surface area (Å²) < 4.78 is 11.0. The zero-order chi connectivity index (χ0) is 22.7. The number of oxazole rings is 1. The van der Waals surface area contributed by atoms with Crippen LogP contribution in [0.4, 0.5) is 11.4 Å². The molecule has 1 amide bonds. The number of para-hydroxylation sites is 1. The molecule has 0 saturated heterocycles. The number of rotatable bonds is 5. The SMILES string of the molecule is COc1ccc2oc(-c3cccc(NC(=S)NC(=O)c4ccccc4[N+](=O)[O-])c3)nc2c1. The first kappa shape index (κ1) is 20.9. The average Bonchev–Trinajstić information content (AvgIpc) is 3.22. The molecule has 1 heterocycles. The Morgan fingerprint density at radius 1 is 1.12 bits per heavy atom. The lowest BCUT2D eigenvalue weighted by molar-refractivity contribution is -0.385. The summed E-state index contributed by atoms with van der Waals surface area (Å²) in [7, 11) is 1.58. The van der Waals surface area contributed by atoms with Crippen molar-refractivity contribution in [1.82, 2.24) is 10.3 Å². The van der Waals surface area contributed by atoms with Gasteiger partial charge in [0.15, 0.2) is 10.7 Å². The van der Waals surface area contributed by atoms with Crippen LogP contribution in [0.25, 0.3) is 22.6 Å². The zero-order valence-electron chi connectivity index (χ0n) is 16.7. The Labute approximate surface area is 187 Å². The van der Waals surface area contributed by atoms with Gasteiger partial charge >= 0.3 is 0 Å². The summed E-state index contributed by atoms with van der Waals surface area (Å²) in [6, 6.07) is 18.1. The fourth-order valence-corrected chi connectivity index (χ4v) is 3.26. The van der Waals surface area contributed by atoms with Crippen molar-refractivity contribution >= 4 is 45.7 Å². The van der Waals surface area contributed by atoms with Crippen molar-refractivity contribution in [2.24, 2.45) is 0 Å². The topological polar surface area (TPSA) is 120 Å². The highest BCUT2D eigenvalue weighted by atomic mass is 32.1. The normalized spacial score (nSPS) is 10.5. The van der Waals surface area contributed by atoms with Crippen LogP contribution in [0.2, 0.25) is 0 Å². The summed E-state index contributed by atoms with van der Waals surface area (Å²) in [5, 5.41) is 16.5. The quantitative estimate of drug-likeness (QED) is 0.259. The van der Waals surface area contributed by atoms with E-state index in [1.807, 2.05) is 6.07 Å². The summed E-state index contributed by atoms with van der Waals surface area (Å²) in [6.45, 7) is 0.